The topological polar surface area (TPSA) is 12.4 Å². The molecule has 1 nitrogen and oxygen atoms in total. The van der Waals surface area contributed by atoms with Crippen molar-refractivity contribution < 1.29 is 39.5 Å². The lowest BCUT2D eigenvalue weighted by molar-refractivity contribution is -0.316. The highest BCUT2D eigenvalue weighted by Gasteiger charge is 2.78. The third-order valence-electron chi connectivity index (χ3n) is 2.40. The number of halogens is 9. The van der Waals surface area contributed by atoms with Gasteiger partial charge in [0.1, 0.15) is 5.71 Å². The van der Waals surface area contributed by atoms with Crippen LogP contribution >= 0.6 is 0 Å². The molecule has 0 spiro atoms. The molecule has 0 aromatic heterocycles. The molecule has 0 saturated heterocycles. The van der Waals surface area contributed by atoms with Crippen LogP contribution in [-0.2, 0) is 0 Å². The third kappa shape index (κ3) is 1.97. The van der Waals surface area contributed by atoms with E-state index in [0.717, 1.165) is 0 Å². The van der Waals surface area contributed by atoms with E-state index >= 15 is 0 Å². The number of nitrogens with zero attached hydrogens (tertiary/aromatic N) is 1. The van der Waals surface area contributed by atoms with Gasteiger partial charge in [0.25, 0.3) is 0 Å². The largest absolute Gasteiger partial charge is 0.430 e. The minimum atomic E-state index is -6.09. The second-order valence-electron chi connectivity index (χ2n) is 3.38. The second kappa shape index (κ2) is 3.52. The van der Waals surface area contributed by atoms with Crippen molar-refractivity contribution in [3.05, 3.63) is 0 Å². The zero-order chi connectivity index (χ0) is 13.7. The van der Waals surface area contributed by atoms with Gasteiger partial charge in [-0.25, -0.2) is 0 Å². The monoisotopic (exact) mass is 273 g/mol. The van der Waals surface area contributed by atoms with Crippen LogP contribution in [0, 0.1) is 5.41 Å². The fourth-order valence-corrected chi connectivity index (χ4v) is 1.63. The number of hydrogen-bond donors (Lipinski definition) is 0. The van der Waals surface area contributed by atoms with Gasteiger partial charge in [0.15, 0.2) is 0 Å². The van der Waals surface area contributed by atoms with E-state index in [2.05, 4.69) is 4.99 Å². The summed E-state index contributed by atoms with van der Waals surface area (Å²) in [6, 6.07) is 0. The second-order valence-corrected chi connectivity index (χ2v) is 3.38. The highest BCUT2D eigenvalue weighted by molar-refractivity contribution is 5.97. The lowest BCUT2D eigenvalue weighted by Crippen LogP contribution is -2.57. The lowest BCUT2D eigenvalue weighted by atomic mass is 9.79. The van der Waals surface area contributed by atoms with Crippen LogP contribution in [0.1, 0.15) is 6.42 Å². The van der Waals surface area contributed by atoms with Crippen molar-refractivity contribution in [2.45, 2.75) is 24.9 Å². The molecule has 1 rings (SSSR count). The molecule has 0 unspecified atom stereocenters. The molecule has 100 valence electrons. The van der Waals surface area contributed by atoms with Gasteiger partial charge >= 0.3 is 18.5 Å². The smallest absolute Gasteiger partial charge is 0.284 e. The summed E-state index contributed by atoms with van der Waals surface area (Å²) in [5, 5.41) is 0. The molecule has 0 aromatic rings. The number of rotatable bonds is 0. The van der Waals surface area contributed by atoms with E-state index in [1.54, 1.807) is 0 Å². The molecule has 0 radical (unpaired) electrons. The van der Waals surface area contributed by atoms with E-state index in [4.69, 9.17) is 0 Å². The first-order valence-electron chi connectivity index (χ1n) is 4.09. The summed E-state index contributed by atoms with van der Waals surface area (Å²) in [4.78, 5) is 2.35. The van der Waals surface area contributed by atoms with Crippen molar-refractivity contribution in [1.82, 2.24) is 0 Å². The van der Waals surface area contributed by atoms with Crippen molar-refractivity contribution in [3.8, 4) is 0 Å². The summed E-state index contributed by atoms with van der Waals surface area (Å²) in [6.07, 6.45) is -19.7. The lowest BCUT2D eigenvalue weighted by Gasteiger charge is -2.35. The van der Waals surface area contributed by atoms with Gasteiger partial charge in [-0.1, -0.05) is 0 Å². The average molecular weight is 273 g/mol. The van der Waals surface area contributed by atoms with Crippen LogP contribution < -0.4 is 0 Å². The number of hydrogen-bond acceptors (Lipinski definition) is 1. The van der Waals surface area contributed by atoms with E-state index in [0.29, 0.717) is 0 Å². The predicted molar refractivity (Wildman–Crippen MR) is 37.5 cm³/mol. The third-order valence-corrected chi connectivity index (χ3v) is 2.40. The van der Waals surface area contributed by atoms with E-state index < -0.39 is 42.6 Å². The van der Waals surface area contributed by atoms with Gasteiger partial charge in [-0.15, -0.1) is 0 Å². The van der Waals surface area contributed by atoms with Crippen LogP contribution in [0.2, 0.25) is 0 Å². The Morgan fingerprint density at radius 2 is 1.24 bits per heavy atom. The normalized spacial score (nSPS) is 21.6. The minimum absolute atomic E-state index is 1.16. The van der Waals surface area contributed by atoms with Gasteiger partial charge in [-0.2, -0.15) is 39.5 Å². The van der Waals surface area contributed by atoms with Gasteiger partial charge in [0.05, 0.1) is 0 Å². The number of alkyl halides is 9. The summed E-state index contributed by atoms with van der Waals surface area (Å²) in [6.45, 7) is -1.16. The molecule has 0 aromatic carbocycles. The zero-order valence-electron chi connectivity index (χ0n) is 7.76. The van der Waals surface area contributed by atoms with Crippen molar-refractivity contribution in [1.29, 1.82) is 0 Å². The van der Waals surface area contributed by atoms with Crippen LogP contribution in [0.4, 0.5) is 39.5 Å². The van der Waals surface area contributed by atoms with Crippen molar-refractivity contribution >= 4 is 5.71 Å². The molecular weight excluding hydrogens is 269 g/mol. The first-order valence-corrected chi connectivity index (χ1v) is 4.09. The molecule has 0 aliphatic carbocycles. The molecule has 0 fully saturated rings. The molecule has 1 heterocycles. The van der Waals surface area contributed by atoms with E-state index in [-0.39, 0.29) is 0 Å². The average Bonchev–Trinajstić information content (AvgIpc) is 2.42. The summed E-state index contributed by atoms with van der Waals surface area (Å²) in [7, 11) is 0. The Morgan fingerprint density at radius 3 is 1.47 bits per heavy atom. The molecule has 0 N–H and O–H groups in total. The van der Waals surface area contributed by atoms with Crippen LogP contribution in [0.5, 0.6) is 0 Å². The summed E-state index contributed by atoms with van der Waals surface area (Å²) >= 11 is 0. The van der Waals surface area contributed by atoms with Crippen molar-refractivity contribution in [2.24, 2.45) is 10.4 Å². The zero-order valence-corrected chi connectivity index (χ0v) is 7.76. The van der Waals surface area contributed by atoms with E-state index in [1.807, 2.05) is 0 Å². The SMILES string of the molecule is FC(F)(F)C1=NCCC1(C(F)(F)F)C(F)(F)F. The highest BCUT2D eigenvalue weighted by atomic mass is 19.4. The molecule has 1 aliphatic rings. The van der Waals surface area contributed by atoms with E-state index in [9.17, 15) is 39.5 Å². The van der Waals surface area contributed by atoms with Gasteiger partial charge < -0.3 is 0 Å². The molecule has 0 amide bonds. The van der Waals surface area contributed by atoms with Gasteiger partial charge in [0.2, 0.25) is 5.41 Å². The Bertz CT molecular complexity index is 317. The maximum absolute atomic E-state index is 12.4. The fraction of sp³-hybridized carbons (Fsp3) is 0.857. The molecule has 1 aliphatic heterocycles. The molecular formula is C7H4F9N. The Labute approximate surface area is 88.3 Å². The van der Waals surface area contributed by atoms with Gasteiger partial charge in [-0.3, -0.25) is 4.99 Å². The summed E-state index contributed by atoms with van der Waals surface area (Å²) in [5.41, 5.74) is -7.72. The van der Waals surface area contributed by atoms with Crippen LogP contribution in [0.15, 0.2) is 4.99 Å². The molecule has 0 bridgehead atoms. The summed E-state index contributed by atoms with van der Waals surface area (Å²) < 4.78 is 111. The minimum Gasteiger partial charge on any atom is -0.284 e. The highest BCUT2D eigenvalue weighted by Crippen LogP contribution is 2.58. The molecule has 17 heavy (non-hydrogen) atoms. The Kier molecular flexibility index (Phi) is 2.92. The standard InChI is InChI=1S/C7H4F9N/c8-5(9,10)3-4(1-2-17-3,6(11,12)13)7(14,15)16/h1-2H2. The van der Waals surface area contributed by atoms with Gasteiger partial charge in [0, 0.05) is 6.54 Å². The molecule has 10 heteroatoms. The van der Waals surface area contributed by atoms with Crippen LogP contribution in [0.25, 0.3) is 0 Å². The van der Waals surface area contributed by atoms with Crippen molar-refractivity contribution in [3.63, 3.8) is 0 Å². The maximum atomic E-state index is 12.4. The maximum Gasteiger partial charge on any atom is 0.430 e. The van der Waals surface area contributed by atoms with E-state index in [1.165, 1.54) is 0 Å². The van der Waals surface area contributed by atoms with Gasteiger partial charge in [-0.05, 0) is 6.42 Å². The number of aliphatic imine (C=N–C) groups is 1. The molecule has 0 atom stereocenters. The quantitative estimate of drug-likeness (QED) is 0.599. The van der Waals surface area contributed by atoms with Crippen LogP contribution in [-0.4, -0.2) is 30.8 Å². The first-order chi connectivity index (χ1) is 7.34. The first kappa shape index (κ1) is 14.1. The fourth-order valence-electron chi connectivity index (χ4n) is 1.63. The predicted octanol–water partition coefficient (Wildman–Crippen LogP) is 3.50. The Balaban J connectivity index is 3.43. The van der Waals surface area contributed by atoms with Crippen LogP contribution in [0.3, 0.4) is 0 Å². The Hall–Kier alpha value is -0.960. The van der Waals surface area contributed by atoms with Crippen molar-refractivity contribution in [2.75, 3.05) is 6.54 Å². The Morgan fingerprint density at radius 1 is 0.824 bits per heavy atom. The molecule has 0 saturated carbocycles. The summed E-state index contributed by atoms with van der Waals surface area (Å²) in [5.74, 6) is 0.